The summed E-state index contributed by atoms with van der Waals surface area (Å²) in [4.78, 5) is 40.5. The Morgan fingerprint density at radius 1 is 1.09 bits per heavy atom. The fourth-order valence-electron chi connectivity index (χ4n) is 3.80. The van der Waals surface area contributed by atoms with E-state index in [2.05, 4.69) is 10.6 Å². The van der Waals surface area contributed by atoms with Gasteiger partial charge in [0.05, 0.1) is 12.2 Å². The summed E-state index contributed by atoms with van der Waals surface area (Å²) in [5.74, 6) is -0.350. The Morgan fingerprint density at radius 2 is 1.82 bits per heavy atom. The molecule has 1 aliphatic rings. The van der Waals surface area contributed by atoms with Gasteiger partial charge in [-0.1, -0.05) is 54.8 Å². The summed E-state index contributed by atoms with van der Waals surface area (Å²) in [5, 5.41) is 6.19. The van der Waals surface area contributed by atoms with Gasteiger partial charge in [0.15, 0.2) is 0 Å². The number of rotatable bonds is 3. The highest BCUT2D eigenvalue weighted by atomic mass is 35.5. The molecule has 2 aromatic rings. The number of carbonyl (C=O) groups is 3. The zero-order valence-corrected chi connectivity index (χ0v) is 20.3. The van der Waals surface area contributed by atoms with E-state index < -0.39 is 11.9 Å². The molecule has 1 aliphatic heterocycles. The van der Waals surface area contributed by atoms with Gasteiger partial charge in [0.25, 0.3) is 5.91 Å². The minimum atomic E-state index is -0.881. The molecule has 7 nitrogen and oxygen atoms in total. The summed E-state index contributed by atoms with van der Waals surface area (Å²) in [6.07, 6.45) is 4.10. The standard InChI is InChI=1S/C26H32ClN3O4/c1-30-16-8-2-3-9-17-34-23-13-7-5-11-20(23)25(32)29-22(14-15-24(30)31)26(33)28-18-19-10-4-6-12-21(19)27/h4-7,10-13,22H,2-3,8-9,14-18H2,1H3,(H,28,33)(H,29,32)/t22-/m0/s1. The monoisotopic (exact) mass is 485 g/mol. The van der Waals surface area contributed by atoms with Crippen LogP contribution in [0.3, 0.4) is 0 Å². The number of amides is 3. The summed E-state index contributed by atoms with van der Waals surface area (Å²) in [6.45, 7) is 1.39. The van der Waals surface area contributed by atoms with Gasteiger partial charge in [0.1, 0.15) is 11.8 Å². The van der Waals surface area contributed by atoms with Crippen LogP contribution in [0.25, 0.3) is 0 Å². The molecule has 0 bridgehead atoms. The van der Waals surface area contributed by atoms with Crippen molar-refractivity contribution < 1.29 is 19.1 Å². The van der Waals surface area contributed by atoms with Crippen LogP contribution in [0.4, 0.5) is 0 Å². The lowest BCUT2D eigenvalue weighted by Gasteiger charge is -2.22. The number of halogens is 1. The van der Waals surface area contributed by atoms with Gasteiger partial charge in [-0.2, -0.15) is 0 Å². The highest BCUT2D eigenvalue weighted by Crippen LogP contribution is 2.20. The van der Waals surface area contributed by atoms with Gasteiger partial charge in [-0.25, -0.2) is 0 Å². The number of fused-ring (bicyclic) bond motifs is 1. The molecule has 34 heavy (non-hydrogen) atoms. The van der Waals surface area contributed by atoms with Crippen LogP contribution in [0.5, 0.6) is 5.75 Å². The van der Waals surface area contributed by atoms with E-state index in [4.69, 9.17) is 16.3 Å². The number of hydrogen-bond donors (Lipinski definition) is 2. The second-order valence-corrected chi connectivity index (χ2v) is 8.86. The topological polar surface area (TPSA) is 87.7 Å². The van der Waals surface area contributed by atoms with Crippen LogP contribution in [0.1, 0.15) is 54.4 Å². The summed E-state index contributed by atoms with van der Waals surface area (Å²) >= 11 is 6.20. The molecular formula is C26H32ClN3O4. The minimum Gasteiger partial charge on any atom is -0.493 e. The van der Waals surface area contributed by atoms with E-state index in [9.17, 15) is 14.4 Å². The second kappa shape index (κ2) is 13.0. The maximum absolute atomic E-state index is 13.1. The van der Waals surface area contributed by atoms with Crippen LogP contribution < -0.4 is 15.4 Å². The largest absolute Gasteiger partial charge is 0.493 e. The van der Waals surface area contributed by atoms with Crippen molar-refractivity contribution in [2.75, 3.05) is 20.2 Å². The van der Waals surface area contributed by atoms with Crippen molar-refractivity contribution in [3.8, 4) is 5.75 Å². The number of benzene rings is 2. The number of hydrogen-bond acceptors (Lipinski definition) is 4. The summed E-state index contributed by atoms with van der Waals surface area (Å²) in [7, 11) is 1.77. The molecular weight excluding hydrogens is 454 g/mol. The number of ether oxygens (including phenoxy) is 1. The van der Waals surface area contributed by atoms with Gasteiger partial charge in [0.2, 0.25) is 11.8 Å². The molecule has 3 rings (SSSR count). The number of nitrogens with zero attached hydrogens (tertiary/aromatic N) is 1. The zero-order chi connectivity index (χ0) is 24.3. The fraction of sp³-hybridized carbons (Fsp3) is 0.423. The van der Waals surface area contributed by atoms with Gasteiger partial charge in [-0.15, -0.1) is 0 Å². The third kappa shape index (κ3) is 7.48. The smallest absolute Gasteiger partial charge is 0.255 e. The highest BCUT2D eigenvalue weighted by Gasteiger charge is 2.25. The first-order valence-corrected chi connectivity index (χ1v) is 12.1. The molecule has 1 heterocycles. The first kappa shape index (κ1) is 25.6. The predicted molar refractivity (Wildman–Crippen MR) is 132 cm³/mol. The molecule has 0 aromatic heterocycles. The van der Waals surface area contributed by atoms with E-state index in [1.165, 1.54) is 0 Å². The normalized spacial score (nSPS) is 18.4. The number of para-hydroxylation sites is 1. The molecule has 0 saturated carbocycles. The molecule has 3 amide bonds. The van der Waals surface area contributed by atoms with Gasteiger partial charge in [-0.05, 0) is 43.0 Å². The molecule has 0 spiro atoms. The molecule has 0 radical (unpaired) electrons. The van der Waals surface area contributed by atoms with Crippen molar-refractivity contribution in [3.05, 3.63) is 64.7 Å². The van der Waals surface area contributed by atoms with Crippen LogP contribution in [-0.4, -0.2) is 48.9 Å². The van der Waals surface area contributed by atoms with Crippen LogP contribution in [0.15, 0.2) is 48.5 Å². The Balaban J connectivity index is 1.77. The van der Waals surface area contributed by atoms with Crippen molar-refractivity contribution in [1.82, 2.24) is 15.5 Å². The van der Waals surface area contributed by atoms with Gasteiger partial charge >= 0.3 is 0 Å². The van der Waals surface area contributed by atoms with E-state index in [-0.39, 0.29) is 31.2 Å². The number of carbonyl (C=O) groups excluding carboxylic acids is 3. The second-order valence-electron chi connectivity index (χ2n) is 8.45. The first-order valence-electron chi connectivity index (χ1n) is 11.7. The Labute approximate surface area is 205 Å². The van der Waals surface area contributed by atoms with E-state index in [0.717, 1.165) is 31.2 Å². The summed E-state index contributed by atoms with van der Waals surface area (Å²) in [6, 6.07) is 13.3. The molecule has 182 valence electrons. The minimum absolute atomic E-state index is 0.0472. The lowest BCUT2D eigenvalue weighted by Crippen LogP contribution is -2.47. The average Bonchev–Trinajstić information content (AvgIpc) is 2.84. The Morgan fingerprint density at radius 3 is 2.65 bits per heavy atom. The number of nitrogens with one attached hydrogen (secondary N) is 2. The third-order valence-corrected chi connectivity index (χ3v) is 6.25. The molecule has 0 saturated heterocycles. The first-order chi connectivity index (χ1) is 16.5. The van der Waals surface area contributed by atoms with Crippen molar-refractivity contribution in [2.45, 2.75) is 51.1 Å². The highest BCUT2D eigenvalue weighted by molar-refractivity contribution is 6.31. The van der Waals surface area contributed by atoms with Crippen molar-refractivity contribution in [1.29, 1.82) is 0 Å². The molecule has 0 unspecified atom stereocenters. The van der Waals surface area contributed by atoms with Crippen molar-refractivity contribution in [2.24, 2.45) is 0 Å². The van der Waals surface area contributed by atoms with E-state index in [1.807, 2.05) is 24.3 Å². The molecule has 1 atom stereocenters. The maximum Gasteiger partial charge on any atom is 0.255 e. The molecule has 8 heteroatoms. The third-order valence-electron chi connectivity index (χ3n) is 5.88. The van der Waals surface area contributed by atoms with E-state index in [0.29, 0.717) is 29.5 Å². The lowest BCUT2D eigenvalue weighted by atomic mass is 10.1. The van der Waals surface area contributed by atoms with Crippen LogP contribution in [0, 0.1) is 0 Å². The molecule has 2 N–H and O–H groups in total. The van der Waals surface area contributed by atoms with Crippen LogP contribution in [-0.2, 0) is 16.1 Å². The van der Waals surface area contributed by atoms with E-state index in [1.54, 1.807) is 36.2 Å². The van der Waals surface area contributed by atoms with E-state index >= 15 is 0 Å². The van der Waals surface area contributed by atoms with Gasteiger partial charge < -0.3 is 20.3 Å². The quantitative estimate of drug-likeness (QED) is 0.689. The molecule has 2 aromatic carbocycles. The zero-order valence-electron chi connectivity index (χ0n) is 19.5. The Hall–Kier alpha value is -3.06. The van der Waals surface area contributed by atoms with Crippen LogP contribution >= 0.6 is 11.6 Å². The van der Waals surface area contributed by atoms with Crippen LogP contribution in [0.2, 0.25) is 5.02 Å². The predicted octanol–water partition coefficient (Wildman–Crippen LogP) is 3.95. The summed E-state index contributed by atoms with van der Waals surface area (Å²) in [5.41, 5.74) is 1.13. The van der Waals surface area contributed by atoms with Crippen molar-refractivity contribution >= 4 is 29.3 Å². The van der Waals surface area contributed by atoms with Gasteiger partial charge in [-0.3, -0.25) is 14.4 Å². The maximum atomic E-state index is 13.1. The van der Waals surface area contributed by atoms with Gasteiger partial charge in [0, 0.05) is 31.6 Å². The average molecular weight is 486 g/mol. The fourth-order valence-corrected chi connectivity index (χ4v) is 4.00. The summed E-state index contributed by atoms with van der Waals surface area (Å²) < 4.78 is 5.87. The molecule has 0 aliphatic carbocycles. The molecule has 0 fully saturated rings. The Bertz CT molecular complexity index is 998. The lowest BCUT2D eigenvalue weighted by molar-refractivity contribution is -0.130. The van der Waals surface area contributed by atoms with Crippen molar-refractivity contribution in [3.63, 3.8) is 0 Å². The Kier molecular flexibility index (Phi) is 9.76. The SMILES string of the molecule is CN1CCCCCCOc2ccccc2C(=O)N[C@H](C(=O)NCc2ccccc2Cl)CCC1=O.